The van der Waals surface area contributed by atoms with Crippen LogP contribution in [0.15, 0.2) is 103 Å². The second kappa shape index (κ2) is 14.3. The summed E-state index contributed by atoms with van der Waals surface area (Å²) in [5.41, 5.74) is 9.21. The Balaban J connectivity index is 0.971. The number of piperidine rings is 1. The van der Waals surface area contributed by atoms with Crippen LogP contribution in [0.2, 0.25) is 0 Å². The van der Waals surface area contributed by atoms with E-state index in [1.807, 2.05) is 12.1 Å². The normalized spacial score (nSPS) is 17.3. The number of nitrogens with one attached hydrogen (secondary N) is 2. The highest BCUT2D eigenvalue weighted by Gasteiger charge is 2.23. The summed E-state index contributed by atoms with van der Waals surface area (Å²) < 4.78 is 0. The van der Waals surface area contributed by atoms with Crippen LogP contribution in [-0.4, -0.2) is 51.3 Å². The van der Waals surface area contributed by atoms with E-state index in [9.17, 15) is 5.21 Å². The standard InChI is InChI=1S/C41H44N6O2/c48-46-27-38(35-18-22-43-23-19-35)40(44-46)25-29-7-10-32(11-8-29)33-13-15-37(16-14-33)49-47-28-39(34-6-3-20-42-21-17-34)41(45-47)26-30-9-12-31-4-1-2-5-36(31)24-30/h1-2,4-5,7-16,24,27-28,34-35,42-43,48H,3,6,17-23,25-26H2. The number of fused-ring (bicyclic) bond motifs is 1. The van der Waals surface area contributed by atoms with E-state index in [2.05, 4.69) is 101 Å². The van der Waals surface area contributed by atoms with Crippen LogP contribution in [0.4, 0.5) is 0 Å². The van der Waals surface area contributed by atoms with Gasteiger partial charge in [-0.3, -0.25) is 0 Å². The van der Waals surface area contributed by atoms with Crippen molar-refractivity contribution in [2.24, 2.45) is 0 Å². The van der Waals surface area contributed by atoms with Gasteiger partial charge < -0.3 is 20.7 Å². The van der Waals surface area contributed by atoms with Gasteiger partial charge in [0.1, 0.15) is 0 Å². The molecule has 0 amide bonds. The third-order valence-corrected chi connectivity index (χ3v) is 10.3. The fourth-order valence-corrected chi connectivity index (χ4v) is 7.64. The van der Waals surface area contributed by atoms with E-state index >= 15 is 0 Å². The molecule has 3 N–H and O–H groups in total. The van der Waals surface area contributed by atoms with Crippen LogP contribution in [0.5, 0.6) is 5.75 Å². The number of hydrogen-bond donors (Lipinski definition) is 3. The largest absolute Gasteiger partial charge is 0.412 e. The monoisotopic (exact) mass is 652 g/mol. The summed E-state index contributed by atoms with van der Waals surface area (Å²) in [5.74, 6) is 1.65. The van der Waals surface area contributed by atoms with E-state index in [0.717, 1.165) is 91.4 Å². The molecule has 4 aromatic carbocycles. The molecule has 0 radical (unpaired) electrons. The number of rotatable bonds is 9. The third kappa shape index (κ3) is 7.26. The Bertz CT molecular complexity index is 2000. The molecule has 250 valence electrons. The predicted molar refractivity (Wildman–Crippen MR) is 193 cm³/mol. The van der Waals surface area contributed by atoms with Gasteiger partial charge in [0, 0.05) is 24.0 Å². The molecule has 8 nitrogen and oxygen atoms in total. The van der Waals surface area contributed by atoms with E-state index in [-0.39, 0.29) is 0 Å². The average molecular weight is 653 g/mol. The molecule has 1 atom stereocenters. The Labute approximate surface area is 287 Å². The lowest BCUT2D eigenvalue weighted by Gasteiger charge is -2.22. The van der Waals surface area contributed by atoms with Crippen molar-refractivity contribution in [3.8, 4) is 16.9 Å². The topological polar surface area (TPSA) is 89.2 Å². The molecule has 49 heavy (non-hydrogen) atoms. The van der Waals surface area contributed by atoms with Gasteiger partial charge in [0.05, 0.1) is 23.8 Å². The van der Waals surface area contributed by atoms with Gasteiger partial charge in [0.2, 0.25) is 0 Å². The number of benzene rings is 4. The summed E-state index contributed by atoms with van der Waals surface area (Å²) in [7, 11) is 0. The van der Waals surface area contributed by atoms with Crippen molar-refractivity contribution in [3.63, 3.8) is 0 Å². The molecule has 0 spiro atoms. The van der Waals surface area contributed by atoms with E-state index in [0.29, 0.717) is 18.3 Å². The highest BCUT2D eigenvalue weighted by molar-refractivity contribution is 5.83. The van der Waals surface area contributed by atoms with Gasteiger partial charge in [-0.2, -0.15) is 0 Å². The summed E-state index contributed by atoms with van der Waals surface area (Å²) in [6.07, 6.45) is 10.9. The van der Waals surface area contributed by atoms with Crippen LogP contribution >= 0.6 is 0 Å². The fraction of sp³-hybridized carbons (Fsp3) is 0.317. The summed E-state index contributed by atoms with van der Waals surface area (Å²) in [6, 6.07) is 32.1. The van der Waals surface area contributed by atoms with Crippen LogP contribution in [0.1, 0.15) is 77.6 Å². The minimum absolute atomic E-state index is 0.441. The lowest BCUT2D eigenvalue weighted by Crippen LogP contribution is -2.26. The Morgan fingerprint density at radius 2 is 1.24 bits per heavy atom. The summed E-state index contributed by atoms with van der Waals surface area (Å²) in [4.78, 5) is 8.97. The van der Waals surface area contributed by atoms with Gasteiger partial charge in [-0.15, -0.1) is 15.0 Å². The fourth-order valence-electron chi connectivity index (χ4n) is 7.64. The number of hydrogen-bond acceptors (Lipinski definition) is 6. The SMILES string of the molecule is On1cc(C2CCNCC2)c(Cc2ccc(-c3ccc(On4cc(C5CCCNCC5)c(Cc5ccc6ccccc6c5)n4)cc3)cc2)n1. The first-order valence-corrected chi connectivity index (χ1v) is 17.8. The minimum atomic E-state index is 0.441. The molecular weight excluding hydrogens is 608 g/mol. The van der Waals surface area contributed by atoms with Gasteiger partial charge in [-0.1, -0.05) is 83.7 Å². The van der Waals surface area contributed by atoms with Crippen molar-refractivity contribution < 1.29 is 10.0 Å². The van der Waals surface area contributed by atoms with Crippen molar-refractivity contribution in [1.82, 2.24) is 30.5 Å². The smallest absolute Gasteiger partial charge is 0.157 e. The van der Waals surface area contributed by atoms with Crippen LogP contribution in [0.3, 0.4) is 0 Å². The zero-order chi connectivity index (χ0) is 33.0. The first-order chi connectivity index (χ1) is 24.1. The Morgan fingerprint density at radius 1 is 0.633 bits per heavy atom. The Morgan fingerprint density at radius 3 is 2.02 bits per heavy atom. The first kappa shape index (κ1) is 31.4. The summed E-state index contributed by atoms with van der Waals surface area (Å²) in [5, 5.41) is 29.0. The highest BCUT2D eigenvalue weighted by Crippen LogP contribution is 2.32. The second-order valence-electron chi connectivity index (χ2n) is 13.6. The maximum absolute atomic E-state index is 10.1. The zero-order valence-corrected chi connectivity index (χ0v) is 27.9. The van der Waals surface area contributed by atoms with Crippen molar-refractivity contribution >= 4 is 10.8 Å². The summed E-state index contributed by atoms with van der Waals surface area (Å²) in [6.45, 7) is 4.12. The highest BCUT2D eigenvalue weighted by atomic mass is 16.7. The molecule has 2 aliphatic rings. The van der Waals surface area contributed by atoms with Crippen LogP contribution in [0.25, 0.3) is 21.9 Å². The molecule has 8 rings (SSSR count). The average Bonchev–Trinajstić information content (AvgIpc) is 3.58. The molecule has 0 bridgehead atoms. The van der Waals surface area contributed by atoms with Crippen molar-refractivity contribution in [2.45, 2.75) is 56.8 Å². The minimum Gasteiger partial charge on any atom is -0.412 e. The van der Waals surface area contributed by atoms with Crippen molar-refractivity contribution in [3.05, 3.63) is 137 Å². The lowest BCUT2D eigenvalue weighted by atomic mass is 9.89. The molecule has 2 fully saturated rings. The zero-order valence-electron chi connectivity index (χ0n) is 27.9. The second-order valence-corrected chi connectivity index (χ2v) is 13.6. The first-order valence-electron chi connectivity index (χ1n) is 17.8. The number of nitrogens with zero attached hydrogens (tertiary/aromatic N) is 4. The van der Waals surface area contributed by atoms with Gasteiger partial charge >= 0.3 is 0 Å². The number of aromatic nitrogens is 4. The molecule has 4 heterocycles. The molecule has 2 aliphatic heterocycles. The van der Waals surface area contributed by atoms with Gasteiger partial charge in [-0.25, -0.2) is 0 Å². The molecule has 8 heteroatoms. The Kier molecular flexibility index (Phi) is 9.14. The van der Waals surface area contributed by atoms with E-state index in [4.69, 9.17) is 9.94 Å². The maximum atomic E-state index is 10.1. The molecule has 2 aromatic heterocycles. The van der Waals surface area contributed by atoms with Crippen LogP contribution < -0.4 is 15.5 Å². The van der Waals surface area contributed by atoms with Gasteiger partial charge in [0.15, 0.2) is 5.75 Å². The van der Waals surface area contributed by atoms with E-state index in [1.54, 1.807) is 11.0 Å². The van der Waals surface area contributed by atoms with Crippen molar-refractivity contribution in [1.29, 1.82) is 0 Å². The molecule has 1 unspecified atom stereocenters. The quantitative estimate of drug-likeness (QED) is 0.140. The molecular formula is C41H44N6O2. The molecule has 6 aromatic rings. The Hall–Kier alpha value is -4.92. The summed E-state index contributed by atoms with van der Waals surface area (Å²) >= 11 is 0. The van der Waals surface area contributed by atoms with Crippen molar-refractivity contribution in [2.75, 3.05) is 26.2 Å². The van der Waals surface area contributed by atoms with Gasteiger partial charge in [-0.05, 0) is 115 Å². The third-order valence-electron chi connectivity index (χ3n) is 10.3. The van der Waals surface area contributed by atoms with E-state index in [1.165, 1.54) is 39.4 Å². The van der Waals surface area contributed by atoms with Gasteiger partial charge in [0.25, 0.3) is 0 Å². The maximum Gasteiger partial charge on any atom is 0.157 e. The van der Waals surface area contributed by atoms with Crippen LogP contribution in [0, 0.1) is 0 Å². The predicted octanol–water partition coefficient (Wildman–Crippen LogP) is 7.48. The molecule has 2 saturated heterocycles. The molecule has 0 saturated carbocycles. The lowest BCUT2D eigenvalue weighted by molar-refractivity contribution is 0.147. The van der Waals surface area contributed by atoms with E-state index < -0.39 is 0 Å². The molecule has 0 aliphatic carbocycles. The van der Waals surface area contributed by atoms with Crippen LogP contribution in [-0.2, 0) is 12.8 Å².